The van der Waals surface area contributed by atoms with Gasteiger partial charge in [0.1, 0.15) is 12.4 Å². The third kappa shape index (κ3) is 4.96. The van der Waals surface area contributed by atoms with Crippen LogP contribution < -0.4 is 10.1 Å². The SMILES string of the molecule is CC(C)(CO)NCCOc1ccc(Br)cc1. The lowest BCUT2D eigenvalue weighted by atomic mass is 10.1. The van der Waals surface area contributed by atoms with E-state index in [0.29, 0.717) is 13.2 Å². The van der Waals surface area contributed by atoms with Gasteiger partial charge in [0.15, 0.2) is 0 Å². The molecule has 0 heterocycles. The molecule has 0 saturated heterocycles. The lowest BCUT2D eigenvalue weighted by molar-refractivity contribution is 0.180. The zero-order valence-electron chi connectivity index (χ0n) is 9.66. The molecule has 0 atom stereocenters. The summed E-state index contributed by atoms with van der Waals surface area (Å²) in [5, 5.41) is 12.2. The molecule has 90 valence electrons. The number of ether oxygens (including phenoxy) is 1. The monoisotopic (exact) mass is 287 g/mol. The molecule has 0 saturated carbocycles. The Kier molecular flexibility index (Phi) is 5.25. The van der Waals surface area contributed by atoms with Gasteiger partial charge in [-0.25, -0.2) is 0 Å². The molecule has 3 nitrogen and oxygen atoms in total. The van der Waals surface area contributed by atoms with Crippen LogP contribution in [0, 0.1) is 0 Å². The van der Waals surface area contributed by atoms with E-state index in [1.54, 1.807) is 0 Å². The van der Waals surface area contributed by atoms with Gasteiger partial charge < -0.3 is 15.2 Å². The van der Waals surface area contributed by atoms with Crippen LogP contribution in [0.1, 0.15) is 13.8 Å². The van der Waals surface area contributed by atoms with Gasteiger partial charge in [-0.2, -0.15) is 0 Å². The quantitative estimate of drug-likeness (QED) is 0.788. The molecule has 0 aromatic heterocycles. The minimum absolute atomic E-state index is 0.116. The Bertz CT molecular complexity index is 311. The normalized spacial score (nSPS) is 11.5. The van der Waals surface area contributed by atoms with E-state index in [0.717, 1.165) is 10.2 Å². The smallest absolute Gasteiger partial charge is 0.119 e. The van der Waals surface area contributed by atoms with Crippen molar-refractivity contribution in [2.45, 2.75) is 19.4 Å². The lowest BCUT2D eigenvalue weighted by Crippen LogP contribution is -2.44. The van der Waals surface area contributed by atoms with E-state index in [1.807, 2.05) is 38.1 Å². The van der Waals surface area contributed by atoms with E-state index in [-0.39, 0.29) is 12.1 Å². The highest BCUT2D eigenvalue weighted by molar-refractivity contribution is 9.10. The predicted molar refractivity (Wildman–Crippen MR) is 68.8 cm³/mol. The van der Waals surface area contributed by atoms with Crippen LogP contribution >= 0.6 is 15.9 Å². The van der Waals surface area contributed by atoms with E-state index >= 15 is 0 Å². The highest BCUT2D eigenvalue weighted by Gasteiger charge is 2.14. The zero-order chi connectivity index (χ0) is 12.0. The van der Waals surface area contributed by atoms with Gasteiger partial charge in [-0.15, -0.1) is 0 Å². The molecule has 0 amide bonds. The minimum atomic E-state index is -0.247. The maximum absolute atomic E-state index is 9.03. The maximum atomic E-state index is 9.03. The summed E-state index contributed by atoms with van der Waals surface area (Å²) in [4.78, 5) is 0. The molecule has 0 aliphatic heterocycles. The number of benzene rings is 1. The van der Waals surface area contributed by atoms with Gasteiger partial charge in [-0.1, -0.05) is 15.9 Å². The molecule has 0 aliphatic rings. The Balaban J connectivity index is 2.23. The Morgan fingerprint density at radius 2 is 1.94 bits per heavy atom. The van der Waals surface area contributed by atoms with E-state index in [2.05, 4.69) is 21.2 Å². The second-order valence-electron chi connectivity index (χ2n) is 4.27. The Labute approximate surface area is 105 Å². The Hall–Kier alpha value is -0.580. The molecule has 2 N–H and O–H groups in total. The summed E-state index contributed by atoms with van der Waals surface area (Å²) in [6, 6.07) is 7.73. The molecule has 0 aliphatic carbocycles. The second kappa shape index (κ2) is 6.23. The molecule has 1 aromatic carbocycles. The van der Waals surface area contributed by atoms with Crippen LogP contribution in [0.25, 0.3) is 0 Å². The highest BCUT2D eigenvalue weighted by atomic mass is 79.9. The number of hydrogen-bond acceptors (Lipinski definition) is 3. The van der Waals surface area contributed by atoms with Crippen LogP contribution in [0.3, 0.4) is 0 Å². The fourth-order valence-electron chi connectivity index (χ4n) is 1.15. The Morgan fingerprint density at radius 3 is 2.50 bits per heavy atom. The lowest BCUT2D eigenvalue weighted by Gasteiger charge is -2.23. The third-order valence-corrected chi connectivity index (χ3v) is 2.71. The van der Waals surface area contributed by atoms with Crippen molar-refractivity contribution in [3.63, 3.8) is 0 Å². The first-order valence-corrected chi connectivity index (χ1v) is 6.07. The first-order chi connectivity index (χ1) is 7.53. The Morgan fingerprint density at radius 1 is 1.31 bits per heavy atom. The zero-order valence-corrected chi connectivity index (χ0v) is 11.3. The molecule has 4 heteroatoms. The number of nitrogens with one attached hydrogen (secondary N) is 1. The summed E-state index contributed by atoms with van der Waals surface area (Å²) in [7, 11) is 0. The number of halogens is 1. The maximum Gasteiger partial charge on any atom is 0.119 e. The fraction of sp³-hybridized carbons (Fsp3) is 0.500. The van der Waals surface area contributed by atoms with Crippen LogP contribution in [-0.4, -0.2) is 30.4 Å². The molecule has 1 rings (SSSR count). The van der Waals surface area contributed by atoms with Gasteiger partial charge in [0, 0.05) is 16.6 Å². The third-order valence-electron chi connectivity index (χ3n) is 2.18. The summed E-state index contributed by atoms with van der Waals surface area (Å²) < 4.78 is 6.58. The van der Waals surface area contributed by atoms with Crippen molar-refractivity contribution in [3.8, 4) is 5.75 Å². The summed E-state index contributed by atoms with van der Waals surface area (Å²) in [5.41, 5.74) is -0.247. The first-order valence-electron chi connectivity index (χ1n) is 5.28. The number of rotatable bonds is 6. The van der Waals surface area contributed by atoms with Crippen LogP contribution in [0.15, 0.2) is 28.7 Å². The topological polar surface area (TPSA) is 41.5 Å². The molecular weight excluding hydrogens is 270 g/mol. The van der Waals surface area contributed by atoms with E-state index < -0.39 is 0 Å². The first kappa shape index (κ1) is 13.5. The molecular formula is C12H18BrNO2. The molecule has 0 radical (unpaired) electrons. The van der Waals surface area contributed by atoms with Crippen molar-refractivity contribution in [1.82, 2.24) is 5.32 Å². The number of aliphatic hydroxyl groups excluding tert-OH is 1. The molecule has 16 heavy (non-hydrogen) atoms. The average molecular weight is 288 g/mol. The van der Waals surface area contributed by atoms with Crippen LogP contribution in [0.4, 0.5) is 0 Å². The molecule has 0 unspecified atom stereocenters. The van der Waals surface area contributed by atoms with Crippen molar-refractivity contribution >= 4 is 15.9 Å². The van der Waals surface area contributed by atoms with Gasteiger partial charge >= 0.3 is 0 Å². The van der Waals surface area contributed by atoms with Gasteiger partial charge in [0.05, 0.1) is 6.61 Å². The minimum Gasteiger partial charge on any atom is -0.492 e. The predicted octanol–water partition coefficient (Wildman–Crippen LogP) is 2.19. The number of aliphatic hydroxyl groups is 1. The van der Waals surface area contributed by atoms with E-state index in [9.17, 15) is 0 Å². The molecule has 0 bridgehead atoms. The van der Waals surface area contributed by atoms with E-state index in [4.69, 9.17) is 9.84 Å². The van der Waals surface area contributed by atoms with Crippen LogP contribution in [-0.2, 0) is 0 Å². The van der Waals surface area contributed by atoms with Crippen molar-refractivity contribution in [3.05, 3.63) is 28.7 Å². The second-order valence-corrected chi connectivity index (χ2v) is 5.19. The van der Waals surface area contributed by atoms with Gasteiger partial charge in [-0.05, 0) is 38.1 Å². The molecule has 0 fully saturated rings. The summed E-state index contributed by atoms with van der Waals surface area (Å²) in [5.74, 6) is 0.854. The van der Waals surface area contributed by atoms with E-state index in [1.165, 1.54) is 0 Å². The van der Waals surface area contributed by atoms with Gasteiger partial charge in [0.25, 0.3) is 0 Å². The van der Waals surface area contributed by atoms with Gasteiger partial charge in [-0.3, -0.25) is 0 Å². The number of hydrogen-bond donors (Lipinski definition) is 2. The standard InChI is InChI=1S/C12H18BrNO2/c1-12(2,9-15)14-7-8-16-11-5-3-10(13)4-6-11/h3-6,14-15H,7-9H2,1-2H3. The highest BCUT2D eigenvalue weighted by Crippen LogP contribution is 2.15. The van der Waals surface area contributed by atoms with Gasteiger partial charge in [0.2, 0.25) is 0 Å². The summed E-state index contributed by atoms with van der Waals surface area (Å²) in [6.07, 6.45) is 0. The fourth-order valence-corrected chi connectivity index (χ4v) is 1.41. The summed E-state index contributed by atoms with van der Waals surface area (Å²) in [6.45, 7) is 5.32. The largest absolute Gasteiger partial charge is 0.492 e. The average Bonchev–Trinajstić information content (AvgIpc) is 2.27. The van der Waals surface area contributed by atoms with Crippen molar-refractivity contribution in [2.24, 2.45) is 0 Å². The van der Waals surface area contributed by atoms with Crippen LogP contribution in [0.2, 0.25) is 0 Å². The summed E-state index contributed by atoms with van der Waals surface area (Å²) >= 11 is 3.37. The molecule has 1 aromatic rings. The van der Waals surface area contributed by atoms with Crippen molar-refractivity contribution in [2.75, 3.05) is 19.8 Å². The van der Waals surface area contributed by atoms with Crippen LogP contribution in [0.5, 0.6) is 5.75 Å². The van der Waals surface area contributed by atoms with Crippen molar-refractivity contribution in [1.29, 1.82) is 0 Å². The molecule has 0 spiro atoms. The van der Waals surface area contributed by atoms with Crippen molar-refractivity contribution < 1.29 is 9.84 Å².